The molecule has 0 spiro atoms. The predicted octanol–water partition coefficient (Wildman–Crippen LogP) is 6.72. The van der Waals surface area contributed by atoms with Gasteiger partial charge in [0.15, 0.2) is 5.76 Å². The van der Waals surface area contributed by atoms with Crippen LogP contribution in [0.5, 0.6) is 0 Å². The Kier molecular flexibility index (Phi) is 5.18. The highest BCUT2D eigenvalue weighted by Crippen LogP contribution is 2.36. The zero-order valence-electron chi connectivity index (χ0n) is 16.9. The Morgan fingerprint density at radius 1 is 0.839 bits per heavy atom. The Morgan fingerprint density at radius 2 is 1.55 bits per heavy atom. The van der Waals surface area contributed by atoms with E-state index in [1.165, 1.54) is 11.8 Å². The zero-order valence-corrected chi connectivity index (χ0v) is 17.7. The average Bonchev–Trinajstić information content (AvgIpc) is 3.22. The van der Waals surface area contributed by atoms with Gasteiger partial charge >= 0.3 is 5.63 Å². The average molecular weight is 426 g/mol. The second kappa shape index (κ2) is 8.28. The van der Waals surface area contributed by atoms with Crippen molar-refractivity contribution in [1.29, 1.82) is 0 Å². The van der Waals surface area contributed by atoms with Gasteiger partial charge in [0.05, 0.1) is 0 Å². The second-order valence-corrected chi connectivity index (χ2v) is 8.20. The maximum Gasteiger partial charge on any atom is 0.336 e. The molecule has 0 aliphatic rings. The summed E-state index contributed by atoms with van der Waals surface area (Å²) < 4.78 is 11.6. The molecule has 0 atom stereocenters. The number of thioether (sulfide) groups is 1. The van der Waals surface area contributed by atoms with E-state index in [4.69, 9.17) is 13.8 Å². The number of nitrogens with zero attached hydrogens (tertiary/aromatic N) is 1. The molecule has 0 saturated heterocycles. The molecule has 4 nitrogen and oxygen atoms in total. The maximum atomic E-state index is 12.0. The molecule has 0 radical (unpaired) electrons. The van der Waals surface area contributed by atoms with Crippen molar-refractivity contribution in [2.24, 2.45) is 0 Å². The van der Waals surface area contributed by atoms with Gasteiger partial charge < -0.3 is 8.83 Å². The van der Waals surface area contributed by atoms with Crippen molar-refractivity contribution in [3.8, 4) is 22.6 Å². The van der Waals surface area contributed by atoms with Crippen LogP contribution in [-0.4, -0.2) is 4.98 Å². The first-order valence-corrected chi connectivity index (χ1v) is 10.9. The van der Waals surface area contributed by atoms with Crippen molar-refractivity contribution in [3.05, 3.63) is 106 Å². The lowest BCUT2D eigenvalue weighted by molar-refractivity contribution is 0.466. The smallest absolute Gasteiger partial charge is 0.336 e. The number of hydrogen-bond donors (Lipinski definition) is 0. The Bertz CT molecular complexity index is 1350. The molecule has 2 heterocycles. The number of aryl methyl sites for hydroxylation is 1. The van der Waals surface area contributed by atoms with Crippen molar-refractivity contribution in [3.63, 3.8) is 0 Å². The fourth-order valence-corrected chi connectivity index (χ4v) is 4.35. The van der Waals surface area contributed by atoms with E-state index in [1.807, 2.05) is 85.8 Å². The summed E-state index contributed by atoms with van der Waals surface area (Å²) in [5, 5.41) is 1.49. The molecule has 0 saturated carbocycles. The molecule has 0 aliphatic carbocycles. The van der Waals surface area contributed by atoms with Crippen molar-refractivity contribution in [2.45, 2.75) is 17.9 Å². The highest BCUT2D eigenvalue weighted by molar-refractivity contribution is 7.98. The van der Waals surface area contributed by atoms with E-state index in [9.17, 15) is 4.79 Å². The number of fused-ring (bicyclic) bond motifs is 1. The predicted molar refractivity (Wildman–Crippen MR) is 124 cm³/mol. The molecule has 0 bridgehead atoms. The number of benzene rings is 3. The summed E-state index contributed by atoms with van der Waals surface area (Å²) in [4.78, 5) is 16.8. The summed E-state index contributed by atoms with van der Waals surface area (Å²) in [6, 6.07) is 27.4. The lowest BCUT2D eigenvalue weighted by Gasteiger charge is -2.04. The third kappa shape index (κ3) is 4.05. The van der Waals surface area contributed by atoms with E-state index in [1.54, 1.807) is 6.07 Å². The monoisotopic (exact) mass is 425 g/mol. The van der Waals surface area contributed by atoms with Crippen LogP contribution in [0.4, 0.5) is 0 Å². The second-order valence-electron chi connectivity index (χ2n) is 7.27. The summed E-state index contributed by atoms with van der Waals surface area (Å²) in [7, 11) is 0. The molecule has 3 aromatic carbocycles. The van der Waals surface area contributed by atoms with Crippen molar-refractivity contribution < 1.29 is 8.83 Å². The number of hydrogen-bond acceptors (Lipinski definition) is 5. The normalized spacial score (nSPS) is 11.1. The van der Waals surface area contributed by atoms with Crippen LogP contribution in [0, 0.1) is 6.92 Å². The largest absolute Gasteiger partial charge is 0.431 e. The van der Waals surface area contributed by atoms with Gasteiger partial charge in [-0.1, -0.05) is 84.6 Å². The van der Waals surface area contributed by atoms with Crippen LogP contribution in [0.1, 0.15) is 11.1 Å². The fraction of sp³-hybridized carbons (Fsp3) is 0.0769. The van der Waals surface area contributed by atoms with Gasteiger partial charge in [0.1, 0.15) is 11.3 Å². The van der Waals surface area contributed by atoms with E-state index in [0.717, 1.165) is 39.1 Å². The molecule has 0 fully saturated rings. The summed E-state index contributed by atoms with van der Waals surface area (Å²) in [6.45, 7) is 1.98. The molecule has 31 heavy (non-hydrogen) atoms. The van der Waals surface area contributed by atoms with Crippen LogP contribution >= 0.6 is 11.8 Å². The molecule has 0 aliphatic heterocycles. The van der Waals surface area contributed by atoms with E-state index in [-0.39, 0.29) is 5.63 Å². The molecule has 2 aromatic heterocycles. The summed E-state index contributed by atoms with van der Waals surface area (Å²) in [5.74, 6) is 1.29. The Balaban J connectivity index is 1.52. The maximum absolute atomic E-state index is 12.0. The third-order valence-corrected chi connectivity index (χ3v) is 5.90. The molecule has 5 rings (SSSR count). The molecule has 0 amide bonds. The molecule has 5 aromatic rings. The van der Waals surface area contributed by atoms with Gasteiger partial charge in [0.25, 0.3) is 5.22 Å². The minimum absolute atomic E-state index is 0.351. The first-order valence-electron chi connectivity index (χ1n) is 9.95. The van der Waals surface area contributed by atoms with Crippen molar-refractivity contribution in [2.75, 3.05) is 0 Å². The lowest BCUT2D eigenvalue weighted by Crippen LogP contribution is -2.00. The molecule has 152 valence electrons. The molecule has 0 unspecified atom stereocenters. The van der Waals surface area contributed by atoms with Crippen molar-refractivity contribution >= 4 is 22.7 Å². The minimum Gasteiger partial charge on any atom is -0.431 e. The van der Waals surface area contributed by atoms with Gasteiger partial charge in [0, 0.05) is 28.3 Å². The quantitative estimate of drug-likeness (QED) is 0.231. The summed E-state index contributed by atoms with van der Waals surface area (Å²) in [5.41, 5.74) is 4.98. The van der Waals surface area contributed by atoms with Crippen LogP contribution in [0.25, 0.3) is 33.6 Å². The van der Waals surface area contributed by atoms with Crippen LogP contribution < -0.4 is 5.63 Å². The SMILES string of the molecule is Cc1ccc2c(CSc3nc(-c4ccccc4)c(-c4ccccc4)o3)cc(=O)oc2c1. The fourth-order valence-electron chi connectivity index (χ4n) is 3.54. The summed E-state index contributed by atoms with van der Waals surface area (Å²) in [6.07, 6.45) is 0. The van der Waals surface area contributed by atoms with Gasteiger partial charge in [-0.2, -0.15) is 0 Å². The van der Waals surface area contributed by atoms with Crippen LogP contribution in [0.2, 0.25) is 0 Å². The number of aromatic nitrogens is 1. The lowest BCUT2D eigenvalue weighted by atomic mass is 10.1. The third-order valence-electron chi connectivity index (χ3n) is 5.03. The van der Waals surface area contributed by atoms with Crippen LogP contribution in [0.3, 0.4) is 0 Å². The Morgan fingerprint density at radius 3 is 2.29 bits per heavy atom. The zero-order chi connectivity index (χ0) is 21.2. The highest BCUT2D eigenvalue weighted by atomic mass is 32.2. The highest BCUT2D eigenvalue weighted by Gasteiger charge is 2.17. The van der Waals surface area contributed by atoms with Gasteiger partial charge in [-0.25, -0.2) is 9.78 Å². The Hall–Kier alpha value is -3.57. The first-order chi connectivity index (χ1) is 15.2. The van der Waals surface area contributed by atoms with Gasteiger partial charge in [-0.05, 0) is 24.1 Å². The van der Waals surface area contributed by atoms with Crippen molar-refractivity contribution in [1.82, 2.24) is 4.98 Å². The van der Waals surface area contributed by atoms with Crippen LogP contribution in [-0.2, 0) is 5.75 Å². The van der Waals surface area contributed by atoms with Gasteiger partial charge in [-0.15, -0.1) is 0 Å². The van der Waals surface area contributed by atoms with E-state index < -0.39 is 0 Å². The molecule has 5 heteroatoms. The summed E-state index contributed by atoms with van der Waals surface area (Å²) >= 11 is 1.47. The van der Waals surface area contributed by atoms with E-state index >= 15 is 0 Å². The molecular weight excluding hydrogens is 406 g/mol. The first kappa shape index (κ1) is 19.4. The van der Waals surface area contributed by atoms with Crippen LogP contribution in [0.15, 0.2) is 104 Å². The number of oxazole rings is 1. The Labute approximate surface area is 183 Å². The van der Waals surface area contributed by atoms with E-state index in [2.05, 4.69) is 0 Å². The molecule has 0 N–H and O–H groups in total. The number of rotatable bonds is 5. The topological polar surface area (TPSA) is 56.2 Å². The van der Waals surface area contributed by atoms with Gasteiger partial charge in [0.2, 0.25) is 0 Å². The van der Waals surface area contributed by atoms with E-state index in [0.29, 0.717) is 16.6 Å². The minimum atomic E-state index is -0.351. The van der Waals surface area contributed by atoms with Gasteiger partial charge in [-0.3, -0.25) is 0 Å². The standard InChI is InChI=1S/C26H19NO3S/c1-17-12-13-21-20(15-23(28)29-22(21)14-17)16-31-26-27-24(18-8-4-2-5-9-18)25(30-26)19-10-6-3-7-11-19/h2-15H,16H2,1H3. The molecular formula is C26H19NO3S.